The minimum absolute atomic E-state index is 0. The highest BCUT2D eigenvalue weighted by Gasteiger charge is 2.31. The Labute approximate surface area is 657 Å². The summed E-state index contributed by atoms with van der Waals surface area (Å²) in [4.78, 5) is 208. The molecule has 14 N–H and O–H groups in total. The van der Waals surface area contributed by atoms with Crippen molar-refractivity contribution >= 4 is 111 Å². The van der Waals surface area contributed by atoms with Crippen molar-refractivity contribution in [3.63, 3.8) is 0 Å². The van der Waals surface area contributed by atoms with Gasteiger partial charge < -0.3 is 73.0 Å². The highest BCUT2D eigenvalue weighted by atomic mass is 16.4. The van der Waals surface area contributed by atoms with Crippen LogP contribution >= 0.6 is 0 Å². The lowest BCUT2D eigenvalue weighted by molar-refractivity contribution is -0.138. The number of rotatable bonds is 50. The van der Waals surface area contributed by atoms with E-state index in [1.54, 1.807) is 90.9 Å². The van der Waals surface area contributed by atoms with Crippen molar-refractivity contribution in [1.82, 2.24) is 37.2 Å². The summed E-state index contributed by atoms with van der Waals surface area (Å²) in [6.07, 6.45) is 2.62. The first-order chi connectivity index (χ1) is 47.4. The van der Waals surface area contributed by atoms with Gasteiger partial charge in [0.2, 0.25) is 0 Å². The summed E-state index contributed by atoms with van der Waals surface area (Å²) in [5.74, 6) is -8.28. The standard InChI is InChI=1S/C12H21NO4.4C11H19NO4.2C7H13NO3.7CH4/c1-8(14)12(2,3)7-10(15)9(13-4)5-6-11(16)17;4*1-7(8(2)13)6-10(14)9(12-3)4-5-11(15)16;2*1-5(9)6(8-2)3-4-7(10)11;;;;;;;/h9,13H,5-7H2,1-4H3,(H,16,17);4*7,9,12H,4-6H2,1-3H3,(H,15,16);2*6,8H,3-4H2,1-2H3,(H,10,11);7*1H4/t9-;2*7-,9+;2*7-,9-;2*6-;;;;;;;/m1101010......./s1. The van der Waals surface area contributed by atoms with Crippen molar-refractivity contribution in [2.24, 2.45) is 29.1 Å². The summed E-state index contributed by atoms with van der Waals surface area (Å²) >= 11 is 0. The summed E-state index contributed by atoms with van der Waals surface area (Å²) < 4.78 is 0. The number of carbonyl (C=O) groups excluding carboxylic acids is 12. The molecular weight excluding hydrogens is 1440 g/mol. The first-order valence-corrected chi connectivity index (χ1v) is 33.8. The number of likely N-dealkylation sites (N-methyl/N-ethyl adjacent to an activating group) is 7. The van der Waals surface area contributed by atoms with E-state index in [4.69, 9.17) is 35.7 Å². The molecule has 0 rings (SSSR count). The second-order valence-corrected chi connectivity index (χ2v) is 25.4. The van der Waals surface area contributed by atoms with Crippen molar-refractivity contribution in [3.05, 3.63) is 0 Å². The molecule has 33 nitrogen and oxygen atoms in total. The molecule has 0 aromatic carbocycles. The molecule has 110 heavy (non-hydrogen) atoms. The Morgan fingerprint density at radius 2 is 0.382 bits per heavy atom. The number of Topliss-reactive ketones (excluding diaryl/α,β-unsaturated/α-hetero) is 12. The molecule has 33 heteroatoms. The Kier molecular flexibility index (Phi) is 95.0. The maximum Gasteiger partial charge on any atom is 0.303 e. The van der Waals surface area contributed by atoms with Gasteiger partial charge in [-0.2, -0.15) is 0 Å². The molecule has 11 atom stereocenters. The second kappa shape index (κ2) is 77.8. The molecule has 0 aromatic rings. The first kappa shape index (κ1) is 134. The van der Waals surface area contributed by atoms with Crippen molar-refractivity contribution in [2.45, 2.75) is 306 Å². The average Bonchev–Trinajstić information content (AvgIpc) is 0.873. The summed E-state index contributed by atoms with van der Waals surface area (Å²) in [7, 11) is 11.4. The predicted molar refractivity (Wildman–Crippen MR) is 428 cm³/mol. The Morgan fingerprint density at radius 3 is 0.491 bits per heavy atom. The van der Waals surface area contributed by atoms with Gasteiger partial charge in [0, 0.05) is 106 Å². The number of carboxylic acid groups (broad SMARTS) is 7. The number of hydrogen-bond donors (Lipinski definition) is 14. The first-order valence-electron chi connectivity index (χ1n) is 33.8. The van der Waals surface area contributed by atoms with Crippen LogP contribution in [0, 0.1) is 29.1 Å². The third-order valence-electron chi connectivity index (χ3n) is 16.3. The van der Waals surface area contributed by atoms with Crippen molar-refractivity contribution in [1.29, 1.82) is 0 Å². The van der Waals surface area contributed by atoms with E-state index < -0.39 is 77.4 Å². The fourth-order valence-electron chi connectivity index (χ4n) is 8.34. The lowest BCUT2D eigenvalue weighted by atomic mass is 9.81. The fourth-order valence-corrected chi connectivity index (χ4v) is 8.34. The van der Waals surface area contributed by atoms with Crippen LogP contribution in [0.4, 0.5) is 0 Å². The third kappa shape index (κ3) is 78.2. The summed E-state index contributed by atoms with van der Waals surface area (Å²) in [6, 6.07) is -3.02. The van der Waals surface area contributed by atoms with Gasteiger partial charge >= 0.3 is 41.8 Å². The zero-order valence-corrected chi connectivity index (χ0v) is 64.2. The van der Waals surface area contributed by atoms with Crippen LogP contribution < -0.4 is 37.2 Å². The van der Waals surface area contributed by atoms with E-state index in [0.29, 0.717) is 12.8 Å². The van der Waals surface area contributed by atoms with Crippen LogP contribution in [0.3, 0.4) is 0 Å². The van der Waals surface area contributed by atoms with Crippen LogP contribution in [0.1, 0.15) is 264 Å². The molecule has 0 heterocycles. The van der Waals surface area contributed by atoms with Crippen molar-refractivity contribution in [3.8, 4) is 0 Å². The molecule has 0 saturated carbocycles. The second-order valence-electron chi connectivity index (χ2n) is 25.4. The maximum atomic E-state index is 11.9. The van der Waals surface area contributed by atoms with E-state index in [9.17, 15) is 91.1 Å². The van der Waals surface area contributed by atoms with E-state index in [-0.39, 0.29) is 266 Å². The molecule has 0 spiro atoms. The van der Waals surface area contributed by atoms with Crippen molar-refractivity contribution < 1.29 is 127 Å². The number of hydrogen-bond acceptors (Lipinski definition) is 26. The maximum absolute atomic E-state index is 11.9. The molecule has 0 aliphatic rings. The molecule has 0 aliphatic heterocycles. The predicted octanol–water partition coefficient (Wildman–Crippen LogP) is 8.02. The number of nitrogens with one attached hydrogen (secondary N) is 7. The largest absolute Gasteiger partial charge is 0.481 e. The monoisotopic (exact) mass is 1590 g/mol. The van der Waals surface area contributed by atoms with Gasteiger partial charge in [0.15, 0.2) is 5.78 Å². The van der Waals surface area contributed by atoms with Gasteiger partial charge in [-0.15, -0.1) is 0 Å². The SMILES string of the molecule is C.C.C.C.C.C.C.CN[C@@H](CCC(=O)O)C(=O)C[C@@H](C)C(C)=O.CN[C@@H](CCC(=O)O)C(=O)C[C@H](C)C(C)=O.CN[C@@H](CCC(=O)O)C(C)=O.CN[C@H](CCC(=O)O)C(=O)CC(C)(C)C(C)=O.CN[C@H](CCC(=O)O)C(=O)C[C@@H](C)C(C)=O.CN[C@H](CCC(=O)O)C(=O)C[C@H](C)C(C)=O.CN[C@H](CCC(=O)O)C(C)=O. The van der Waals surface area contributed by atoms with E-state index in [1.165, 1.54) is 48.5 Å². The minimum atomic E-state index is -0.927. The van der Waals surface area contributed by atoms with Gasteiger partial charge in [-0.25, -0.2) is 0 Å². The van der Waals surface area contributed by atoms with E-state index in [1.807, 2.05) is 0 Å². The van der Waals surface area contributed by atoms with Gasteiger partial charge in [0.05, 0.1) is 42.3 Å². The number of carboxylic acids is 7. The molecule has 0 unspecified atom stereocenters. The van der Waals surface area contributed by atoms with E-state index in [2.05, 4.69) is 37.2 Å². The van der Waals surface area contributed by atoms with Gasteiger partial charge in [0.1, 0.15) is 63.6 Å². The van der Waals surface area contributed by atoms with Crippen LogP contribution in [-0.2, 0) is 91.1 Å². The zero-order chi connectivity index (χ0) is 82.2. The molecule has 650 valence electrons. The Bertz CT molecular complexity index is 2460. The molecular formula is C77H151N7O26. The molecule has 0 bridgehead atoms. The highest BCUT2D eigenvalue weighted by Crippen LogP contribution is 2.23. The van der Waals surface area contributed by atoms with Crippen LogP contribution in [-0.4, -0.2) is 239 Å². The molecule has 0 radical (unpaired) electrons. The quantitative estimate of drug-likeness (QED) is 0.0274. The molecule has 0 aliphatic carbocycles. The topological polar surface area (TPSA) is 550 Å². The van der Waals surface area contributed by atoms with Crippen molar-refractivity contribution in [2.75, 3.05) is 49.3 Å². The highest BCUT2D eigenvalue weighted by molar-refractivity contribution is 5.93. The summed E-state index contributed by atoms with van der Waals surface area (Å²) in [6.45, 7) is 20.4. The lowest BCUT2D eigenvalue weighted by Gasteiger charge is -2.23. The molecule has 0 aromatic heterocycles. The minimum Gasteiger partial charge on any atom is -0.481 e. The molecule has 0 fully saturated rings. The average molecular weight is 1590 g/mol. The molecule has 0 amide bonds. The smallest absolute Gasteiger partial charge is 0.303 e. The zero-order valence-electron chi connectivity index (χ0n) is 64.2. The third-order valence-corrected chi connectivity index (χ3v) is 16.3. The van der Waals surface area contributed by atoms with Crippen LogP contribution in [0.25, 0.3) is 0 Å². The fraction of sp³-hybridized carbons (Fsp3) is 0.753. The van der Waals surface area contributed by atoms with E-state index >= 15 is 0 Å². The Morgan fingerprint density at radius 1 is 0.245 bits per heavy atom. The number of ketones is 12. The normalized spacial score (nSPS) is 12.8. The van der Waals surface area contributed by atoms with Gasteiger partial charge in [-0.1, -0.05) is 93.5 Å². The van der Waals surface area contributed by atoms with Crippen LogP contribution in [0.5, 0.6) is 0 Å². The van der Waals surface area contributed by atoms with Gasteiger partial charge in [-0.05, 0) is 143 Å². The number of carbonyl (C=O) groups is 19. The Hall–Kier alpha value is -7.95. The van der Waals surface area contributed by atoms with Crippen LogP contribution in [0.15, 0.2) is 0 Å². The van der Waals surface area contributed by atoms with Crippen LogP contribution in [0.2, 0.25) is 0 Å². The molecule has 0 saturated heterocycles. The number of aliphatic carboxylic acids is 7. The van der Waals surface area contributed by atoms with Gasteiger partial charge in [0.25, 0.3) is 0 Å². The lowest BCUT2D eigenvalue weighted by Crippen LogP contribution is -2.38. The van der Waals surface area contributed by atoms with E-state index in [0.717, 1.165) is 0 Å². The Balaban J connectivity index is -0.0000000810. The summed E-state index contributed by atoms with van der Waals surface area (Å²) in [5, 5.41) is 78.6. The van der Waals surface area contributed by atoms with Gasteiger partial charge in [-0.3, -0.25) is 91.1 Å². The summed E-state index contributed by atoms with van der Waals surface area (Å²) in [5.41, 5.74) is -0.685.